The molecule has 0 radical (unpaired) electrons. The fraction of sp³-hybridized carbons (Fsp3) is 0.571. The highest BCUT2D eigenvalue weighted by molar-refractivity contribution is 7.89. The summed E-state index contributed by atoms with van der Waals surface area (Å²) in [6.07, 6.45) is 4.49. The van der Waals surface area contributed by atoms with E-state index in [0.29, 0.717) is 18.4 Å². The lowest BCUT2D eigenvalue weighted by Gasteiger charge is -2.23. The summed E-state index contributed by atoms with van der Waals surface area (Å²) in [5.74, 6) is 1.18. The Morgan fingerprint density at radius 3 is 2.70 bits per heavy atom. The van der Waals surface area contributed by atoms with Crippen molar-refractivity contribution in [2.45, 2.75) is 43.2 Å². The number of hydrogen-bond acceptors (Lipinski definition) is 3. The molecule has 0 spiro atoms. The van der Waals surface area contributed by atoms with Gasteiger partial charge in [-0.25, -0.2) is 13.1 Å². The maximum atomic E-state index is 12.5. The van der Waals surface area contributed by atoms with Crippen molar-refractivity contribution in [3.63, 3.8) is 0 Å². The quantitative estimate of drug-likeness (QED) is 0.895. The zero-order valence-electron chi connectivity index (χ0n) is 11.2. The maximum absolute atomic E-state index is 12.5. The number of hydrogen-bond donors (Lipinski definition) is 2. The molecule has 0 amide bonds. The van der Waals surface area contributed by atoms with E-state index in [4.69, 9.17) is 17.3 Å². The Morgan fingerprint density at radius 1 is 1.30 bits per heavy atom. The fourth-order valence-corrected chi connectivity index (χ4v) is 5.40. The van der Waals surface area contributed by atoms with E-state index in [9.17, 15) is 8.42 Å². The summed E-state index contributed by atoms with van der Waals surface area (Å²) in [6.45, 7) is 0.299. The molecular formula is C14H19ClN2O2S. The number of nitrogens with two attached hydrogens (primary N) is 1. The number of benzene rings is 1. The molecule has 2 aliphatic rings. The van der Waals surface area contributed by atoms with Crippen LogP contribution in [0.25, 0.3) is 0 Å². The molecule has 0 saturated heterocycles. The minimum absolute atomic E-state index is 0.0661. The first-order chi connectivity index (χ1) is 9.49. The van der Waals surface area contributed by atoms with Crippen LogP contribution < -0.4 is 10.5 Å². The van der Waals surface area contributed by atoms with E-state index < -0.39 is 10.0 Å². The van der Waals surface area contributed by atoms with Gasteiger partial charge in [0.15, 0.2) is 0 Å². The van der Waals surface area contributed by atoms with Gasteiger partial charge in [0, 0.05) is 12.6 Å². The molecule has 0 aromatic heterocycles. The largest absolute Gasteiger partial charge is 0.326 e. The highest BCUT2D eigenvalue weighted by atomic mass is 35.5. The summed E-state index contributed by atoms with van der Waals surface area (Å²) in [4.78, 5) is 0.143. The van der Waals surface area contributed by atoms with E-state index in [0.717, 1.165) is 24.8 Å². The molecule has 3 unspecified atom stereocenters. The van der Waals surface area contributed by atoms with Crippen LogP contribution in [-0.2, 0) is 16.6 Å². The van der Waals surface area contributed by atoms with Gasteiger partial charge in [-0.3, -0.25) is 0 Å². The van der Waals surface area contributed by atoms with Gasteiger partial charge in [-0.2, -0.15) is 0 Å². The van der Waals surface area contributed by atoms with E-state index in [-0.39, 0.29) is 16.0 Å². The van der Waals surface area contributed by atoms with Gasteiger partial charge >= 0.3 is 0 Å². The Kier molecular flexibility index (Phi) is 3.79. The van der Waals surface area contributed by atoms with Crippen LogP contribution in [0.1, 0.15) is 31.2 Å². The lowest BCUT2D eigenvalue weighted by molar-refractivity contribution is 0.390. The number of fused-ring (bicyclic) bond motifs is 2. The monoisotopic (exact) mass is 314 g/mol. The lowest BCUT2D eigenvalue weighted by Crippen LogP contribution is -2.38. The van der Waals surface area contributed by atoms with Crippen molar-refractivity contribution in [2.24, 2.45) is 17.6 Å². The first-order valence-electron chi connectivity index (χ1n) is 7.00. The number of nitrogens with one attached hydrogen (secondary N) is 1. The van der Waals surface area contributed by atoms with Crippen LogP contribution in [0.2, 0.25) is 5.02 Å². The topological polar surface area (TPSA) is 72.2 Å². The van der Waals surface area contributed by atoms with Gasteiger partial charge < -0.3 is 5.73 Å². The Labute approximate surface area is 124 Å². The molecule has 0 heterocycles. The number of rotatable bonds is 4. The Balaban J connectivity index is 1.84. The summed E-state index contributed by atoms with van der Waals surface area (Å²) in [5.41, 5.74) is 6.33. The van der Waals surface area contributed by atoms with Gasteiger partial charge in [-0.15, -0.1) is 0 Å². The first-order valence-corrected chi connectivity index (χ1v) is 8.86. The van der Waals surface area contributed by atoms with E-state index in [1.165, 1.54) is 6.42 Å². The van der Waals surface area contributed by atoms with Crippen molar-refractivity contribution in [2.75, 3.05) is 0 Å². The summed E-state index contributed by atoms with van der Waals surface area (Å²) in [6, 6.07) is 4.98. The minimum Gasteiger partial charge on any atom is -0.326 e. The van der Waals surface area contributed by atoms with Crippen LogP contribution in [0.5, 0.6) is 0 Å². The van der Waals surface area contributed by atoms with E-state index in [1.54, 1.807) is 18.2 Å². The first kappa shape index (κ1) is 14.3. The Hall–Kier alpha value is -0.620. The zero-order chi connectivity index (χ0) is 14.3. The fourth-order valence-electron chi connectivity index (χ4n) is 3.53. The average molecular weight is 315 g/mol. The molecule has 1 aromatic rings. The maximum Gasteiger partial charge on any atom is 0.242 e. The molecular weight excluding hydrogens is 296 g/mol. The van der Waals surface area contributed by atoms with Crippen molar-refractivity contribution in [3.8, 4) is 0 Å². The summed E-state index contributed by atoms with van der Waals surface area (Å²) < 4.78 is 27.9. The van der Waals surface area contributed by atoms with Crippen LogP contribution in [0.4, 0.5) is 0 Å². The molecule has 1 aromatic carbocycles. The highest BCUT2D eigenvalue weighted by Crippen LogP contribution is 2.45. The molecule has 2 bridgehead atoms. The molecule has 2 fully saturated rings. The van der Waals surface area contributed by atoms with Crippen LogP contribution in [0.15, 0.2) is 23.1 Å². The molecule has 0 aliphatic heterocycles. The van der Waals surface area contributed by atoms with Crippen molar-refractivity contribution >= 4 is 21.6 Å². The molecule has 3 N–H and O–H groups in total. The normalized spacial score (nSPS) is 29.0. The second kappa shape index (κ2) is 5.30. The van der Waals surface area contributed by atoms with E-state index in [1.807, 2.05) is 0 Å². The van der Waals surface area contributed by atoms with E-state index in [2.05, 4.69) is 4.72 Å². The number of sulfonamides is 1. The zero-order valence-corrected chi connectivity index (χ0v) is 12.8. The van der Waals surface area contributed by atoms with E-state index >= 15 is 0 Å². The van der Waals surface area contributed by atoms with Crippen molar-refractivity contribution in [1.82, 2.24) is 4.72 Å². The van der Waals surface area contributed by atoms with Gasteiger partial charge in [0.2, 0.25) is 10.0 Å². The lowest BCUT2D eigenvalue weighted by atomic mass is 9.96. The second-order valence-electron chi connectivity index (χ2n) is 5.87. The molecule has 3 rings (SSSR count). The Bertz CT molecular complexity index is 618. The van der Waals surface area contributed by atoms with Gasteiger partial charge in [-0.1, -0.05) is 24.1 Å². The third-order valence-corrected chi connectivity index (χ3v) is 6.54. The molecule has 4 nitrogen and oxygen atoms in total. The Morgan fingerprint density at radius 2 is 2.10 bits per heavy atom. The van der Waals surface area contributed by atoms with Crippen LogP contribution in [0.3, 0.4) is 0 Å². The van der Waals surface area contributed by atoms with Gasteiger partial charge in [0.05, 0.1) is 5.02 Å². The standard InChI is InChI=1S/C14H19ClN2O2S/c15-12-4-2-10(8-16)7-14(12)20(18,19)17-13-6-9-1-3-11(13)5-9/h2,4,7,9,11,13,17H,1,3,5-6,8,16H2. The minimum atomic E-state index is -3.57. The summed E-state index contributed by atoms with van der Waals surface area (Å²) in [7, 11) is -3.57. The smallest absolute Gasteiger partial charge is 0.242 e. The molecule has 6 heteroatoms. The second-order valence-corrected chi connectivity index (χ2v) is 7.96. The third-order valence-electron chi connectivity index (χ3n) is 4.57. The summed E-state index contributed by atoms with van der Waals surface area (Å²) in [5, 5.41) is 0.248. The van der Waals surface area contributed by atoms with Crippen molar-refractivity contribution < 1.29 is 8.42 Å². The van der Waals surface area contributed by atoms with Crippen LogP contribution in [0, 0.1) is 11.8 Å². The predicted octanol–water partition coefficient (Wildman–Crippen LogP) is 2.27. The van der Waals surface area contributed by atoms with Crippen molar-refractivity contribution in [1.29, 1.82) is 0 Å². The molecule has 3 atom stereocenters. The number of halogens is 1. The molecule has 2 saturated carbocycles. The highest BCUT2D eigenvalue weighted by Gasteiger charge is 2.41. The van der Waals surface area contributed by atoms with Gasteiger partial charge in [-0.05, 0) is 48.8 Å². The van der Waals surface area contributed by atoms with Gasteiger partial charge in [0.25, 0.3) is 0 Å². The molecule has 20 heavy (non-hydrogen) atoms. The SMILES string of the molecule is NCc1ccc(Cl)c(S(=O)(=O)NC2CC3CCC2C3)c1. The summed E-state index contributed by atoms with van der Waals surface area (Å²) >= 11 is 6.04. The third kappa shape index (κ3) is 2.60. The van der Waals surface area contributed by atoms with Gasteiger partial charge in [0.1, 0.15) is 4.90 Å². The van der Waals surface area contributed by atoms with Crippen LogP contribution >= 0.6 is 11.6 Å². The van der Waals surface area contributed by atoms with Crippen molar-refractivity contribution in [3.05, 3.63) is 28.8 Å². The predicted molar refractivity (Wildman–Crippen MR) is 78.9 cm³/mol. The average Bonchev–Trinajstić information content (AvgIpc) is 3.01. The van der Waals surface area contributed by atoms with Crippen LogP contribution in [-0.4, -0.2) is 14.5 Å². The molecule has 110 valence electrons. The molecule has 2 aliphatic carbocycles.